The van der Waals surface area contributed by atoms with Gasteiger partial charge >= 0.3 is 0 Å². The molecule has 1 saturated heterocycles. The number of non-ortho nitro benzene ring substituents is 1. The second-order valence-electron chi connectivity index (χ2n) is 6.61. The average Bonchev–Trinajstić information content (AvgIpc) is 3.10. The highest BCUT2D eigenvalue weighted by Crippen LogP contribution is 2.24. The van der Waals surface area contributed by atoms with E-state index < -0.39 is 14.9 Å². The molecule has 3 rings (SSSR count). The molecule has 1 aliphatic heterocycles. The number of sulfonamides is 1. The van der Waals surface area contributed by atoms with E-state index in [0.717, 1.165) is 18.7 Å². The molecule has 7 nitrogen and oxygen atoms in total. The third kappa shape index (κ3) is 5.24. The van der Waals surface area contributed by atoms with Crippen LogP contribution in [-0.2, 0) is 15.8 Å². The molecule has 1 unspecified atom stereocenters. The number of nitro groups is 1. The monoisotopic (exact) mass is 393 g/mol. The number of nitrogens with one attached hydrogen (secondary N) is 1. The number of halogens is 1. The molecule has 144 valence electrons. The molecule has 2 aromatic rings. The maximum atomic E-state index is 13.0. The average molecular weight is 393 g/mol. The largest absolute Gasteiger partial charge is 0.371 e. The molecule has 0 amide bonds. The first-order valence-electron chi connectivity index (χ1n) is 8.53. The molecule has 9 heteroatoms. The number of nitrogens with zero attached hydrogens (tertiary/aromatic N) is 2. The second-order valence-corrected chi connectivity index (χ2v) is 8.42. The Morgan fingerprint density at radius 3 is 2.44 bits per heavy atom. The first-order valence-corrected chi connectivity index (χ1v) is 10.2. The molecule has 0 bridgehead atoms. The highest BCUT2D eigenvalue weighted by molar-refractivity contribution is 7.88. The predicted octanol–water partition coefficient (Wildman–Crippen LogP) is 2.68. The van der Waals surface area contributed by atoms with Gasteiger partial charge in [0.1, 0.15) is 5.82 Å². The van der Waals surface area contributed by atoms with Gasteiger partial charge in [-0.05, 0) is 42.2 Å². The summed E-state index contributed by atoms with van der Waals surface area (Å²) in [5.41, 5.74) is 1.34. The van der Waals surface area contributed by atoms with Gasteiger partial charge < -0.3 is 4.90 Å². The SMILES string of the molecule is O=[N+]([O-])c1ccc(CS(=O)(=O)NCC2CCN(c3ccc(F)cc3)C2)cc1. The molecule has 2 aromatic carbocycles. The maximum absolute atomic E-state index is 13.0. The summed E-state index contributed by atoms with van der Waals surface area (Å²) in [6.45, 7) is 1.82. The minimum absolute atomic E-state index is 0.0732. The highest BCUT2D eigenvalue weighted by Gasteiger charge is 2.24. The lowest BCUT2D eigenvalue weighted by molar-refractivity contribution is -0.384. The van der Waals surface area contributed by atoms with Gasteiger partial charge in [0.2, 0.25) is 10.0 Å². The zero-order chi connectivity index (χ0) is 19.4. The Morgan fingerprint density at radius 2 is 1.81 bits per heavy atom. The topological polar surface area (TPSA) is 92.5 Å². The minimum atomic E-state index is -3.53. The van der Waals surface area contributed by atoms with Crippen LogP contribution in [0.3, 0.4) is 0 Å². The van der Waals surface area contributed by atoms with E-state index in [9.17, 15) is 22.9 Å². The molecule has 27 heavy (non-hydrogen) atoms. The Labute approximate surface area is 157 Å². The van der Waals surface area contributed by atoms with E-state index in [4.69, 9.17) is 0 Å². The Bertz CT molecular complexity index is 901. The van der Waals surface area contributed by atoms with Crippen LogP contribution in [0, 0.1) is 21.8 Å². The summed E-state index contributed by atoms with van der Waals surface area (Å²) in [4.78, 5) is 12.2. The molecule has 1 aliphatic rings. The van der Waals surface area contributed by atoms with Crippen molar-refractivity contribution in [2.75, 3.05) is 24.5 Å². The van der Waals surface area contributed by atoms with Gasteiger partial charge in [-0.2, -0.15) is 0 Å². The number of anilines is 1. The Morgan fingerprint density at radius 1 is 1.15 bits per heavy atom. The van der Waals surface area contributed by atoms with Crippen molar-refractivity contribution in [2.45, 2.75) is 12.2 Å². The molecular weight excluding hydrogens is 373 g/mol. The normalized spacial score (nSPS) is 17.2. The van der Waals surface area contributed by atoms with Crippen molar-refractivity contribution < 1.29 is 17.7 Å². The van der Waals surface area contributed by atoms with Crippen LogP contribution in [0.25, 0.3) is 0 Å². The molecule has 1 N–H and O–H groups in total. The van der Waals surface area contributed by atoms with Crippen LogP contribution < -0.4 is 9.62 Å². The van der Waals surface area contributed by atoms with Crippen LogP contribution in [0.4, 0.5) is 15.8 Å². The minimum Gasteiger partial charge on any atom is -0.371 e. The fraction of sp³-hybridized carbons (Fsp3) is 0.333. The van der Waals surface area contributed by atoms with Gasteiger partial charge in [0.25, 0.3) is 5.69 Å². The summed E-state index contributed by atoms with van der Waals surface area (Å²) in [6, 6.07) is 11.7. The highest BCUT2D eigenvalue weighted by atomic mass is 32.2. The van der Waals surface area contributed by atoms with Crippen LogP contribution in [0.2, 0.25) is 0 Å². The molecule has 1 heterocycles. The molecule has 0 spiro atoms. The fourth-order valence-electron chi connectivity index (χ4n) is 3.11. The first kappa shape index (κ1) is 19.2. The summed E-state index contributed by atoms with van der Waals surface area (Å²) in [5, 5.41) is 10.6. The van der Waals surface area contributed by atoms with Gasteiger partial charge in [-0.25, -0.2) is 17.5 Å². The summed E-state index contributed by atoms with van der Waals surface area (Å²) >= 11 is 0. The predicted molar refractivity (Wildman–Crippen MR) is 100 cm³/mol. The van der Waals surface area contributed by atoms with E-state index >= 15 is 0 Å². The van der Waals surface area contributed by atoms with Crippen molar-refractivity contribution in [3.05, 3.63) is 70.0 Å². The van der Waals surface area contributed by atoms with Crippen LogP contribution in [0.15, 0.2) is 48.5 Å². The summed E-state index contributed by atoms with van der Waals surface area (Å²) in [5.74, 6) is -0.338. The van der Waals surface area contributed by atoms with Gasteiger partial charge in [0, 0.05) is 37.5 Å². The van der Waals surface area contributed by atoms with Crippen LogP contribution in [-0.4, -0.2) is 33.0 Å². The molecule has 1 atom stereocenters. The lowest BCUT2D eigenvalue weighted by atomic mass is 10.1. The van der Waals surface area contributed by atoms with E-state index in [1.54, 1.807) is 12.1 Å². The van der Waals surface area contributed by atoms with Crippen molar-refractivity contribution in [1.82, 2.24) is 4.72 Å². The van der Waals surface area contributed by atoms with E-state index in [1.165, 1.54) is 36.4 Å². The number of rotatable bonds is 7. The van der Waals surface area contributed by atoms with E-state index in [2.05, 4.69) is 9.62 Å². The maximum Gasteiger partial charge on any atom is 0.269 e. The smallest absolute Gasteiger partial charge is 0.269 e. The van der Waals surface area contributed by atoms with Gasteiger partial charge in [0.15, 0.2) is 0 Å². The Balaban J connectivity index is 1.51. The summed E-state index contributed by atoms with van der Waals surface area (Å²) in [6.07, 6.45) is 0.845. The third-order valence-electron chi connectivity index (χ3n) is 4.57. The van der Waals surface area contributed by atoms with E-state index in [-0.39, 0.29) is 23.2 Å². The zero-order valence-electron chi connectivity index (χ0n) is 14.5. The fourth-order valence-corrected chi connectivity index (χ4v) is 4.34. The van der Waals surface area contributed by atoms with E-state index in [1.807, 2.05) is 0 Å². The molecule has 0 aromatic heterocycles. The Hall–Kier alpha value is -2.52. The van der Waals surface area contributed by atoms with Crippen molar-refractivity contribution in [3.63, 3.8) is 0 Å². The summed E-state index contributed by atoms with van der Waals surface area (Å²) in [7, 11) is -3.53. The molecule has 1 fully saturated rings. The van der Waals surface area contributed by atoms with Crippen molar-refractivity contribution in [2.24, 2.45) is 5.92 Å². The van der Waals surface area contributed by atoms with Crippen LogP contribution in [0.1, 0.15) is 12.0 Å². The number of hydrogen-bond donors (Lipinski definition) is 1. The molecule has 0 saturated carbocycles. The van der Waals surface area contributed by atoms with Crippen LogP contribution in [0.5, 0.6) is 0 Å². The summed E-state index contributed by atoms with van der Waals surface area (Å²) < 4.78 is 40.2. The quantitative estimate of drug-likeness (QED) is 0.577. The van der Waals surface area contributed by atoms with Gasteiger partial charge in [-0.1, -0.05) is 12.1 Å². The lowest BCUT2D eigenvalue weighted by Gasteiger charge is -2.18. The van der Waals surface area contributed by atoms with Gasteiger partial charge in [-0.3, -0.25) is 10.1 Å². The van der Waals surface area contributed by atoms with Gasteiger partial charge in [-0.15, -0.1) is 0 Å². The lowest BCUT2D eigenvalue weighted by Crippen LogP contribution is -2.31. The zero-order valence-corrected chi connectivity index (χ0v) is 15.4. The second kappa shape index (κ2) is 8.01. The van der Waals surface area contributed by atoms with E-state index in [0.29, 0.717) is 18.7 Å². The Kier molecular flexibility index (Phi) is 5.71. The van der Waals surface area contributed by atoms with Crippen LogP contribution >= 0.6 is 0 Å². The molecule has 0 aliphatic carbocycles. The van der Waals surface area contributed by atoms with Crippen molar-refractivity contribution in [3.8, 4) is 0 Å². The van der Waals surface area contributed by atoms with Gasteiger partial charge in [0.05, 0.1) is 10.7 Å². The number of nitro benzene ring substituents is 1. The number of benzene rings is 2. The first-order chi connectivity index (χ1) is 12.8. The molecular formula is C18H20FN3O4S. The third-order valence-corrected chi connectivity index (χ3v) is 5.89. The molecule has 0 radical (unpaired) electrons. The standard InChI is InChI=1S/C18H20FN3O4S/c19-16-3-7-17(8-4-16)21-10-9-15(12-21)11-20-27(25,26)13-14-1-5-18(6-2-14)22(23)24/h1-8,15,20H,9-13H2. The van der Waals surface area contributed by atoms with Crippen molar-refractivity contribution >= 4 is 21.4 Å². The number of hydrogen-bond acceptors (Lipinski definition) is 5. The van der Waals surface area contributed by atoms with Crippen molar-refractivity contribution in [1.29, 1.82) is 0 Å².